The highest BCUT2D eigenvalue weighted by molar-refractivity contribution is 5.78. The van der Waals surface area contributed by atoms with Crippen LogP contribution < -0.4 is 5.32 Å². The molecule has 0 spiro atoms. The third-order valence-corrected chi connectivity index (χ3v) is 5.40. The van der Waals surface area contributed by atoms with Crippen LogP contribution in [0.15, 0.2) is 12.4 Å². The summed E-state index contributed by atoms with van der Waals surface area (Å²) >= 11 is 0. The SMILES string of the molecule is C[C@H]1CCCC[C@H]1NC(=O)CN1CCC(c2cn[nH]c2)CC1. The van der Waals surface area contributed by atoms with Gasteiger partial charge in [0.1, 0.15) is 0 Å². The van der Waals surface area contributed by atoms with Crippen LogP contribution in [-0.4, -0.2) is 46.7 Å². The highest BCUT2D eigenvalue weighted by Gasteiger charge is 2.25. The molecule has 1 aliphatic heterocycles. The van der Waals surface area contributed by atoms with Crippen molar-refractivity contribution < 1.29 is 4.79 Å². The second-order valence-corrected chi connectivity index (χ2v) is 7.02. The molecule has 1 saturated carbocycles. The van der Waals surface area contributed by atoms with Crippen LogP contribution in [0.5, 0.6) is 0 Å². The van der Waals surface area contributed by atoms with Gasteiger partial charge in [0, 0.05) is 12.2 Å². The molecule has 22 heavy (non-hydrogen) atoms. The average molecular weight is 304 g/mol. The molecular formula is C17H28N4O. The Hall–Kier alpha value is -1.36. The molecule has 5 nitrogen and oxygen atoms in total. The maximum absolute atomic E-state index is 12.3. The fourth-order valence-electron chi connectivity index (χ4n) is 3.89. The zero-order chi connectivity index (χ0) is 15.4. The Balaban J connectivity index is 1.41. The van der Waals surface area contributed by atoms with E-state index in [4.69, 9.17) is 0 Å². The average Bonchev–Trinajstić information content (AvgIpc) is 3.05. The number of rotatable bonds is 4. The van der Waals surface area contributed by atoms with E-state index in [0.29, 0.717) is 24.4 Å². The minimum atomic E-state index is 0.209. The maximum atomic E-state index is 12.3. The number of piperidine rings is 1. The van der Waals surface area contributed by atoms with Gasteiger partial charge in [-0.2, -0.15) is 5.10 Å². The van der Waals surface area contributed by atoms with Gasteiger partial charge in [0.15, 0.2) is 0 Å². The quantitative estimate of drug-likeness (QED) is 0.897. The third kappa shape index (κ3) is 3.88. The second-order valence-electron chi connectivity index (χ2n) is 7.02. The number of H-pyrrole nitrogens is 1. The van der Waals surface area contributed by atoms with Crippen LogP contribution in [0.2, 0.25) is 0 Å². The van der Waals surface area contributed by atoms with Crippen LogP contribution in [0.4, 0.5) is 0 Å². The van der Waals surface area contributed by atoms with Crippen molar-refractivity contribution in [3.05, 3.63) is 18.0 Å². The fourth-order valence-corrected chi connectivity index (χ4v) is 3.89. The number of carbonyl (C=O) groups is 1. The Morgan fingerprint density at radius 3 is 2.77 bits per heavy atom. The molecule has 5 heteroatoms. The molecule has 122 valence electrons. The number of aromatic amines is 1. The summed E-state index contributed by atoms with van der Waals surface area (Å²) in [5.74, 6) is 1.43. The Morgan fingerprint density at radius 1 is 1.32 bits per heavy atom. The first-order valence-corrected chi connectivity index (χ1v) is 8.73. The second kappa shape index (κ2) is 7.27. The number of nitrogens with one attached hydrogen (secondary N) is 2. The molecule has 1 aromatic heterocycles. The van der Waals surface area contributed by atoms with E-state index in [0.717, 1.165) is 32.4 Å². The lowest BCUT2D eigenvalue weighted by Gasteiger charge is -2.33. The Kier molecular flexibility index (Phi) is 5.13. The first-order valence-electron chi connectivity index (χ1n) is 8.73. The van der Waals surface area contributed by atoms with Gasteiger partial charge in [-0.05, 0) is 56.2 Å². The number of aromatic nitrogens is 2. The molecule has 1 saturated heterocycles. The first-order chi connectivity index (χ1) is 10.7. The van der Waals surface area contributed by atoms with Crippen molar-refractivity contribution in [2.45, 2.75) is 57.4 Å². The number of carbonyl (C=O) groups excluding carboxylic acids is 1. The fraction of sp³-hybridized carbons (Fsp3) is 0.765. The lowest BCUT2D eigenvalue weighted by atomic mass is 9.86. The maximum Gasteiger partial charge on any atom is 0.234 e. The van der Waals surface area contributed by atoms with E-state index in [9.17, 15) is 4.79 Å². The number of likely N-dealkylation sites (tertiary alicyclic amines) is 1. The molecule has 2 atom stereocenters. The number of hydrogen-bond donors (Lipinski definition) is 2. The van der Waals surface area contributed by atoms with Crippen molar-refractivity contribution in [2.24, 2.45) is 5.92 Å². The molecule has 2 heterocycles. The third-order valence-electron chi connectivity index (χ3n) is 5.40. The summed E-state index contributed by atoms with van der Waals surface area (Å²) in [7, 11) is 0. The zero-order valence-corrected chi connectivity index (χ0v) is 13.6. The van der Waals surface area contributed by atoms with Crippen LogP contribution in [-0.2, 0) is 4.79 Å². The predicted molar refractivity (Wildman–Crippen MR) is 86.6 cm³/mol. The zero-order valence-electron chi connectivity index (χ0n) is 13.6. The summed E-state index contributed by atoms with van der Waals surface area (Å²) in [6.07, 6.45) is 11.1. The minimum Gasteiger partial charge on any atom is -0.352 e. The van der Waals surface area contributed by atoms with E-state index in [-0.39, 0.29) is 5.91 Å². The van der Waals surface area contributed by atoms with Gasteiger partial charge < -0.3 is 5.32 Å². The molecule has 0 bridgehead atoms. The Labute approximate surface area is 132 Å². The van der Waals surface area contributed by atoms with Gasteiger partial charge in [0.25, 0.3) is 0 Å². The molecule has 3 rings (SSSR count). The molecule has 0 radical (unpaired) electrons. The van der Waals surface area contributed by atoms with E-state index >= 15 is 0 Å². The van der Waals surface area contributed by atoms with Gasteiger partial charge in [-0.15, -0.1) is 0 Å². The van der Waals surface area contributed by atoms with E-state index in [1.54, 1.807) is 0 Å². The van der Waals surface area contributed by atoms with Crippen molar-refractivity contribution in [2.75, 3.05) is 19.6 Å². The molecular weight excluding hydrogens is 276 g/mol. The number of amides is 1. The monoisotopic (exact) mass is 304 g/mol. The highest BCUT2D eigenvalue weighted by atomic mass is 16.2. The minimum absolute atomic E-state index is 0.209. The Morgan fingerprint density at radius 2 is 2.09 bits per heavy atom. The lowest BCUT2D eigenvalue weighted by Crippen LogP contribution is -2.47. The van der Waals surface area contributed by atoms with Gasteiger partial charge in [0.05, 0.1) is 12.7 Å². The lowest BCUT2D eigenvalue weighted by molar-refractivity contribution is -0.123. The molecule has 2 aliphatic rings. The van der Waals surface area contributed by atoms with E-state index in [1.807, 2.05) is 12.4 Å². The first kappa shape index (κ1) is 15.5. The summed E-state index contributed by atoms with van der Waals surface area (Å²) in [6, 6.07) is 0.393. The molecule has 0 aromatic carbocycles. The van der Waals surface area contributed by atoms with Gasteiger partial charge in [-0.1, -0.05) is 19.8 Å². The molecule has 1 amide bonds. The highest BCUT2D eigenvalue weighted by Crippen LogP contribution is 2.27. The summed E-state index contributed by atoms with van der Waals surface area (Å²) in [5, 5.41) is 10.2. The van der Waals surface area contributed by atoms with Crippen LogP contribution >= 0.6 is 0 Å². The van der Waals surface area contributed by atoms with Gasteiger partial charge in [-0.3, -0.25) is 14.8 Å². The number of hydrogen-bond acceptors (Lipinski definition) is 3. The Bertz CT molecular complexity index is 465. The van der Waals surface area contributed by atoms with Crippen molar-refractivity contribution in [3.8, 4) is 0 Å². The van der Waals surface area contributed by atoms with Crippen LogP contribution in [0, 0.1) is 5.92 Å². The van der Waals surface area contributed by atoms with Crippen LogP contribution in [0.3, 0.4) is 0 Å². The topological polar surface area (TPSA) is 61.0 Å². The molecule has 2 fully saturated rings. The summed E-state index contributed by atoms with van der Waals surface area (Å²) in [5.41, 5.74) is 1.31. The van der Waals surface area contributed by atoms with Crippen molar-refractivity contribution >= 4 is 5.91 Å². The summed E-state index contributed by atoms with van der Waals surface area (Å²) < 4.78 is 0. The number of nitrogens with zero attached hydrogens (tertiary/aromatic N) is 2. The van der Waals surface area contributed by atoms with E-state index in [2.05, 4.69) is 27.3 Å². The van der Waals surface area contributed by atoms with Gasteiger partial charge in [0.2, 0.25) is 5.91 Å². The predicted octanol–water partition coefficient (Wildman–Crippen LogP) is 2.28. The normalized spacial score (nSPS) is 27.7. The van der Waals surface area contributed by atoms with Crippen molar-refractivity contribution in [1.82, 2.24) is 20.4 Å². The molecule has 2 N–H and O–H groups in total. The molecule has 1 aromatic rings. The largest absolute Gasteiger partial charge is 0.352 e. The van der Waals surface area contributed by atoms with Crippen LogP contribution in [0.25, 0.3) is 0 Å². The smallest absolute Gasteiger partial charge is 0.234 e. The van der Waals surface area contributed by atoms with E-state index < -0.39 is 0 Å². The molecule has 0 unspecified atom stereocenters. The molecule has 1 aliphatic carbocycles. The van der Waals surface area contributed by atoms with Gasteiger partial charge in [-0.25, -0.2) is 0 Å². The summed E-state index contributed by atoms with van der Waals surface area (Å²) in [4.78, 5) is 14.6. The standard InChI is InChI=1S/C17H28N4O/c1-13-4-2-3-5-16(13)20-17(22)12-21-8-6-14(7-9-21)15-10-18-19-11-15/h10-11,13-14,16H,2-9,12H2,1H3,(H,18,19)(H,20,22)/t13-,16+/m0/s1. The van der Waals surface area contributed by atoms with Crippen LogP contribution in [0.1, 0.15) is 56.9 Å². The van der Waals surface area contributed by atoms with Crippen molar-refractivity contribution in [1.29, 1.82) is 0 Å². The van der Waals surface area contributed by atoms with Crippen molar-refractivity contribution in [3.63, 3.8) is 0 Å². The van der Waals surface area contributed by atoms with E-state index in [1.165, 1.54) is 24.8 Å². The van der Waals surface area contributed by atoms with Gasteiger partial charge >= 0.3 is 0 Å². The summed E-state index contributed by atoms with van der Waals surface area (Å²) in [6.45, 7) is 4.83.